The van der Waals surface area contributed by atoms with E-state index in [0.717, 1.165) is 0 Å². The van der Waals surface area contributed by atoms with Gasteiger partial charge in [0.25, 0.3) is 0 Å². The lowest BCUT2D eigenvalue weighted by Gasteiger charge is -2.08. The number of hydrogen-bond acceptors (Lipinski definition) is 8. The molecule has 2 N–H and O–H groups in total. The van der Waals surface area contributed by atoms with Gasteiger partial charge in [-0.05, 0) is 25.1 Å². The van der Waals surface area contributed by atoms with Gasteiger partial charge in [-0.15, -0.1) is 22.9 Å². The highest BCUT2D eigenvalue weighted by Crippen LogP contribution is 2.37. The van der Waals surface area contributed by atoms with E-state index in [1.807, 2.05) is 0 Å². The van der Waals surface area contributed by atoms with Crippen LogP contribution in [0.5, 0.6) is 5.75 Å². The van der Waals surface area contributed by atoms with Gasteiger partial charge in [-0.1, -0.05) is 0 Å². The van der Waals surface area contributed by atoms with Crippen LogP contribution in [0.15, 0.2) is 32.9 Å². The van der Waals surface area contributed by atoms with Gasteiger partial charge in [0.2, 0.25) is 15.9 Å². The summed E-state index contributed by atoms with van der Waals surface area (Å²) in [5, 5.41) is 4.92. The third kappa shape index (κ3) is 4.70. The van der Waals surface area contributed by atoms with Crippen molar-refractivity contribution in [2.45, 2.75) is 11.8 Å². The molecule has 156 valence electrons. The Labute approximate surface area is 176 Å². The van der Waals surface area contributed by atoms with E-state index in [2.05, 4.69) is 15.0 Å². The molecule has 9 nitrogen and oxygen atoms in total. The van der Waals surface area contributed by atoms with Gasteiger partial charge in [-0.25, -0.2) is 13.4 Å². The zero-order chi connectivity index (χ0) is 21.0. The van der Waals surface area contributed by atoms with Crippen LogP contribution in [0.1, 0.15) is 6.92 Å². The number of carbonyl (C=O) groups is 1. The van der Waals surface area contributed by atoms with Crippen molar-refractivity contribution in [3.8, 4) is 17.2 Å². The fourth-order valence-corrected chi connectivity index (χ4v) is 4.36. The number of furan rings is 1. The van der Waals surface area contributed by atoms with Gasteiger partial charge >= 0.3 is 0 Å². The van der Waals surface area contributed by atoms with Crippen LogP contribution in [0.3, 0.4) is 0 Å². The minimum atomic E-state index is -3.85. The minimum absolute atomic E-state index is 0.0221. The Balaban J connectivity index is 2.03. The number of aromatic nitrogens is 1. The number of carbonyl (C=O) groups excluding carboxylic acids is 1. The smallest absolute Gasteiger partial charge is 0.243 e. The summed E-state index contributed by atoms with van der Waals surface area (Å²) < 4.78 is 43.9. The second kappa shape index (κ2) is 9.09. The number of amides is 1. The van der Waals surface area contributed by atoms with Crippen molar-refractivity contribution in [1.82, 2.24) is 9.71 Å². The van der Waals surface area contributed by atoms with E-state index < -0.39 is 10.0 Å². The molecular formula is C17H18ClN3O6S2. The van der Waals surface area contributed by atoms with Gasteiger partial charge in [-0.3, -0.25) is 4.79 Å². The normalized spacial score (nSPS) is 11.7. The lowest BCUT2D eigenvalue weighted by atomic mass is 10.2. The maximum atomic E-state index is 12.7. The number of fused-ring (bicyclic) bond motifs is 1. The molecule has 3 aromatic rings. The number of ether oxygens (including phenoxy) is 2. The van der Waals surface area contributed by atoms with E-state index >= 15 is 0 Å². The molecule has 0 aliphatic carbocycles. The number of sulfonamides is 1. The van der Waals surface area contributed by atoms with Gasteiger partial charge in [0.05, 0.1) is 12.0 Å². The predicted molar refractivity (Wildman–Crippen MR) is 110 cm³/mol. The highest BCUT2D eigenvalue weighted by atomic mass is 35.5. The molecule has 0 spiro atoms. The first-order valence-corrected chi connectivity index (χ1v) is 11.3. The zero-order valence-corrected chi connectivity index (χ0v) is 17.9. The molecule has 0 unspecified atom stereocenters. The number of halogens is 1. The molecule has 0 aliphatic rings. The quantitative estimate of drug-likeness (QED) is 0.286. The van der Waals surface area contributed by atoms with E-state index in [0.29, 0.717) is 34.3 Å². The molecule has 0 bridgehead atoms. The van der Waals surface area contributed by atoms with Crippen LogP contribution in [0.2, 0.25) is 0 Å². The lowest BCUT2D eigenvalue weighted by Crippen LogP contribution is -2.26. The summed E-state index contributed by atoms with van der Waals surface area (Å²) in [4.78, 5) is 15.7. The van der Waals surface area contributed by atoms with Crippen LogP contribution < -0.4 is 14.8 Å². The Morgan fingerprint density at radius 2 is 2.17 bits per heavy atom. The first-order valence-electron chi connectivity index (χ1n) is 8.39. The summed E-state index contributed by atoms with van der Waals surface area (Å²) >= 11 is 6.67. The zero-order valence-electron chi connectivity index (χ0n) is 15.5. The summed E-state index contributed by atoms with van der Waals surface area (Å²) in [6, 6.07) is 4.51. The summed E-state index contributed by atoms with van der Waals surface area (Å²) in [7, 11) is -2.39. The number of thiazole rings is 1. The average Bonchev–Trinajstić information content (AvgIpc) is 3.34. The van der Waals surface area contributed by atoms with E-state index in [4.69, 9.17) is 25.5 Å². The number of benzene rings is 1. The number of anilines is 1. The number of nitrogens with zero attached hydrogens (tertiary/aromatic N) is 1. The van der Waals surface area contributed by atoms with Gasteiger partial charge in [0.1, 0.15) is 18.3 Å². The third-order valence-electron chi connectivity index (χ3n) is 3.80. The van der Waals surface area contributed by atoms with Crippen molar-refractivity contribution in [3.05, 3.63) is 23.6 Å². The van der Waals surface area contributed by atoms with Crippen molar-refractivity contribution < 1.29 is 27.1 Å². The Hall–Kier alpha value is -2.18. The molecule has 2 heterocycles. The Kier molecular flexibility index (Phi) is 6.75. The van der Waals surface area contributed by atoms with Gasteiger partial charge in [0, 0.05) is 17.4 Å². The standard InChI is InChI=1S/C17H18ClN3O6S2/c1-3-26-9-19-29(23,24)14-5-4-12(25-2)16-10(14)6-13(27-16)11-8-28-17(20-11)21-15(22)7-18/h4-6,8,19H,3,7,9H2,1-2H3,(H,20,21,22). The Morgan fingerprint density at radius 1 is 1.38 bits per heavy atom. The molecule has 0 fully saturated rings. The molecule has 1 amide bonds. The first-order chi connectivity index (χ1) is 13.9. The highest BCUT2D eigenvalue weighted by Gasteiger charge is 2.23. The second-order valence-electron chi connectivity index (χ2n) is 5.62. The molecule has 0 aliphatic heterocycles. The molecule has 0 saturated heterocycles. The van der Waals surface area contributed by atoms with Crippen molar-refractivity contribution in [3.63, 3.8) is 0 Å². The van der Waals surface area contributed by atoms with E-state index in [1.54, 1.807) is 18.4 Å². The summed E-state index contributed by atoms with van der Waals surface area (Å²) in [6.07, 6.45) is 0. The van der Waals surface area contributed by atoms with Crippen LogP contribution in [-0.4, -0.2) is 45.6 Å². The predicted octanol–water partition coefficient (Wildman–Crippen LogP) is 3.01. The largest absolute Gasteiger partial charge is 0.493 e. The van der Waals surface area contributed by atoms with Crippen LogP contribution in [0, 0.1) is 0 Å². The van der Waals surface area contributed by atoms with Gasteiger partial charge < -0.3 is 19.2 Å². The van der Waals surface area contributed by atoms with Gasteiger partial charge in [0.15, 0.2) is 22.2 Å². The fourth-order valence-electron chi connectivity index (χ4n) is 2.49. The average molecular weight is 460 g/mol. The molecule has 3 rings (SSSR count). The number of rotatable bonds is 9. The maximum Gasteiger partial charge on any atom is 0.243 e. The van der Waals surface area contributed by atoms with E-state index in [1.165, 1.54) is 30.6 Å². The molecule has 12 heteroatoms. The van der Waals surface area contributed by atoms with Gasteiger partial charge in [-0.2, -0.15) is 4.72 Å². The van der Waals surface area contributed by atoms with Crippen LogP contribution in [0.4, 0.5) is 5.13 Å². The number of methoxy groups -OCH3 is 1. The third-order valence-corrected chi connectivity index (χ3v) is 6.23. The van der Waals surface area contributed by atoms with E-state index in [-0.39, 0.29) is 29.0 Å². The first kappa shape index (κ1) is 21.5. The molecule has 0 saturated carbocycles. The maximum absolute atomic E-state index is 12.7. The lowest BCUT2D eigenvalue weighted by molar-refractivity contribution is -0.113. The number of nitrogens with one attached hydrogen (secondary N) is 2. The second-order valence-corrected chi connectivity index (χ2v) is 8.48. The molecular weight excluding hydrogens is 442 g/mol. The van der Waals surface area contributed by atoms with Crippen molar-refractivity contribution in [2.24, 2.45) is 0 Å². The van der Waals surface area contributed by atoms with Crippen molar-refractivity contribution in [2.75, 3.05) is 31.6 Å². The Bertz CT molecular complexity index is 1130. The molecule has 1 aromatic carbocycles. The van der Waals surface area contributed by atoms with Crippen LogP contribution in [-0.2, 0) is 19.6 Å². The number of hydrogen-bond donors (Lipinski definition) is 2. The Morgan fingerprint density at radius 3 is 2.86 bits per heavy atom. The van der Waals surface area contributed by atoms with E-state index in [9.17, 15) is 13.2 Å². The topological polar surface area (TPSA) is 120 Å². The summed E-state index contributed by atoms with van der Waals surface area (Å²) in [6.45, 7) is 2.00. The molecule has 29 heavy (non-hydrogen) atoms. The molecule has 0 atom stereocenters. The SMILES string of the molecule is CCOCNS(=O)(=O)c1ccc(OC)c2oc(-c3csc(NC(=O)CCl)n3)cc12. The van der Waals surface area contributed by atoms with Crippen molar-refractivity contribution >= 4 is 55.0 Å². The number of alkyl halides is 1. The van der Waals surface area contributed by atoms with Crippen molar-refractivity contribution in [1.29, 1.82) is 0 Å². The van der Waals surface area contributed by atoms with Crippen LogP contribution >= 0.6 is 22.9 Å². The highest BCUT2D eigenvalue weighted by molar-refractivity contribution is 7.89. The molecule has 0 radical (unpaired) electrons. The summed E-state index contributed by atoms with van der Waals surface area (Å²) in [5.41, 5.74) is 0.699. The minimum Gasteiger partial charge on any atom is -0.493 e. The molecule has 2 aromatic heterocycles. The van der Waals surface area contributed by atoms with Crippen LogP contribution in [0.25, 0.3) is 22.4 Å². The summed E-state index contributed by atoms with van der Waals surface area (Å²) in [5.74, 6) is 0.133. The monoisotopic (exact) mass is 459 g/mol. The fraction of sp³-hybridized carbons (Fsp3) is 0.294.